The van der Waals surface area contributed by atoms with Gasteiger partial charge in [0.15, 0.2) is 0 Å². The Balaban J connectivity index is 1.22. The largest absolute Gasteiger partial charge is 0.478 e. The van der Waals surface area contributed by atoms with Gasteiger partial charge in [0.25, 0.3) is 0 Å². The first-order valence-electron chi connectivity index (χ1n) is 13.7. The van der Waals surface area contributed by atoms with Gasteiger partial charge in [-0.05, 0) is 65.8 Å². The Labute approximate surface area is 237 Å². The summed E-state index contributed by atoms with van der Waals surface area (Å²) in [6, 6.07) is 23.7. The summed E-state index contributed by atoms with van der Waals surface area (Å²) in [7, 11) is 1.60. The molecule has 7 nitrogen and oxygen atoms in total. The van der Waals surface area contributed by atoms with Crippen molar-refractivity contribution in [2.45, 2.75) is 38.3 Å². The maximum atomic E-state index is 15.4. The zero-order valence-electron chi connectivity index (χ0n) is 22.7. The minimum atomic E-state index is -1.01. The Hall–Kier alpha value is -4.56. The van der Waals surface area contributed by atoms with Gasteiger partial charge >= 0.3 is 5.97 Å². The van der Waals surface area contributed by atoms with Crippen molar-refractivity contribution in [1.82, 2.24) is 14.5 Å². The van der Waals surface area contributed by atoms with E-state index in [0.29, 0.717) is 65.2 Å². The fraction of sp³-hybridized carbons (Fsp3) is 0.242. The number of aromatic carboxylic acids is 1. The topological polar surface area (TPSA) is 86.5 Å². The molecule has 2 heterocycles. The van der Waals surface area contributed by atoms with Crippen molar-refractivity contribution >= 4 is 17.0 Å². The number of halogens is 1. The van der Waals surface area contributed by atoms with Crippen LogP contribution in [-0.2, 0) is 24.3 Å². The third-order valence-electron chi connectivity index (χ3n) is 7.46. The molecule has 1 fully saturated rings. The number of ether oxygens (including phenoxy) is 2. The number of rotatable bonds is 11. The van der Waals surface area contributed by atoms with Crippen LogP contribution in [-0.4, -0.2) is 39.3 Å². The molecule has 1 saturated carbocycles. The van der Waals surface area contributed by atoms with E-state index in [-0.39, 0.29) is 17.8 Å². The predicted octanol–water partition coefficient (Wildman–Crippen LogP) is 6.63. The number of hydrogen-bond donors (Lipinski definition) is 1. The van der Waals surface area contributed by atoms with E-state index in [9.17, 15) is 9.90 Å². The van der Waals surface area contributed by atoms with Crippen LogP contribution >= 0.6 is 0 Å². The SMILES string of the molecule is COCCn1c(Cc2ccc(-c3cccc(OCc4ccccc4C4CC4)n3)cc2F)nc2ccc(C(=O)O)cc21. The summed E-state index contributed by atoms with van der Waals surface area (Å²) in [6.45, 7) is 1.31. The van der Waals surface area contributed by atoms with Gasteiger partial charge in [0.2, 0.25) is 5.88 Å². The van der Waals surface area contributed by atoms with Gasteiger partial charge in [-0.1, -0.05) is 42.5 Å². The second kappa shape index (κ2) is 11.5. The number of methoxy groups -OCH3 is 1. The fourth-order valence-electron chi connectivity index (χ4n) is 5.16. The maximum Gasteiger partial charge on any atom is 0.335 e. The van der Waals surface area contributed by atoms with Crippen LogP contribution in [0.15, 0.2) is 78.9 Å². The van der Waals surface area contributed by atoms with Crippen molar-refractivity contribution in [3.8, 4) is 17.1 Å². The fourth-order valence-corrected chi connectivity index (χ4v) is 5.16. The second-order valence-corrected chi connectivity index (χ2v) is 10.3. The molecular formula is C33H30FN3O4. The average molecular weight is 552 g/mol. The molecule has 0 amide bonds. The van der Waals surface area contributed by atoms with E-state index in [1.165, 1.54) is 36.1 Å². The first kappa shape index (κ1) is 26.7. The lowest BCUT2D eigenvalue weighted by atomic mass is 10.0. The van der Waals surface area contributed by atoms with Crippen LogP contribution in [0.1, 0.15) is 51.6 Å². The normalized spacial score (nSPS) is 13.0. The van der Waals surface area contributed by atoms with E-state index in [4.69, 9.17) is 9.47 Å². The summed E-state index contributed by atoms with van der Waals surface area (Å²) < 4.78 is 28.6. The molecule has 5 aromatic rings. The Bertz CT molecular complexity index is 1730. The molecule has 0 unspecified atom stereocenters. The number of nitrogens with zero attached hydrogens (tertiary/aromatic N) is 3. The van der Waals surface area contributed by atoms with Gasteiger partial charge in [0, 0.05) is 31.7 Å². The number of aromatic nitrogens is 3. The summed E-state index contributed by atoms with van der Waals surface area (Å²) in [5.74, 6) is 0.372. The first-order chi connectivity index (χ1) is 20.0. The molecule has 3 aromatic carbocycles. The average Bonchev–Trinajstić information content (AvgIpc) is 3.78. The summed E-state index contributed by atoms with van der Waals surface area (Å²) in [5.41, 5.74) is 5.77. The maximum absolute atomic E-state index is 15.4. The lowest BCUT2D eigenvalue weighted by molar-refractivity contribution is 0.0697. The highest BCUT2D eigenvalue weighted by atomic mass is 19.1. The lowest BCUT2D eigenvalue weighted by Gasteiger charge is -2.12. The number of benzene rings is 3. The third-order valence-corrected chi connectivity index (χ3v) is 7.46. The van der Waals surface area contributed by atoms with Crippen molar-refractivity contribution in [2.24, 2.45) is 0 Å². The minimum Gasteiger partial charge on any atom is -0.478 e. The van der Waals surface area contributed by atoms with Crippen molar-refractivity contribution in [1.29, 1.82) is 0 Å². The number of carboxylic acids is 1. The molecule has 0 saturated heterocycles. The number of hydrogen-bond acceptors (Lipinski definition) is 5. The van der Waals surface area contributed by atoms with Crippen LogP contribution in [0.2, 0.25) is 0 Å². The molecule has 0 bridgehead atoms. The zero-order chi connectivity index (χ0) is 28.3. The smallest absolute Gasteiger partial charge is 0.335 e. The van der Waals surface area contributed by atoms with E-state index in [1.54, 1.807) is 25.3 Å². The van der Waals surface area contributed by atoms with Crippen molar-refractivity contribution in [3.63, 3.8) is 0 Å². The molecule has 6 rings (SSSR count). The van der Waals surface area contributed by atoms with Crippen LogP contribution in [0.4, 0.5) is 4.39 Å². The predicted molar refractivity (Wildman–Crippen MR) is 154 cm³/mol. The van der Waals surface area contributed by atoms with Crippen LogP contribution in [0.3, 0.4) is 0 Å². The summed E-state index contributed by atoms with van der Waals surface area (Å²) in [6.07, 6.45) is 2.69. The number of pyridine rings is 1. The Morgan fingerprint density at radius 1 is 1.00 bits per heavy atom. The number of carboxylic acid groups (broad SMARTS) is 1. The molecule has 1 aliphatic rings. The molecule has 41 heavy (non-hydrogen) atoms. The highest BCUT2D eigenvalue weighted by Gasteiger charge is 2.25. The Kier molecular flexibility index (Phi) is 7.48. The number of carbonyl (C=O) groups is 1. The third kappa shape index (κ3) is 5.83. The molecule has 208 valence electrons. The standard InChI is InChI=1S/C33H30FN3O4/c1-40-16-15-37-30-18-24(33(38)39)13-14-29(30)35-31(37)19-22-11-12-23(17-27(22)34)28-7-4-8-32(36-28)41-20-25-5-2-3-6-26(25)21-9-10-21/h2-8,11-14,17-18,21H,9-10,15-16,19-20H2,1H3,(H,38,39). The van der Waals surface area contributed by atoms with Crippen LogP contribution in [0.25, 0.3) is 22.3 Å². The lowest BCUT2D eigenvalue weighted by Crippen LogP contribution is -2.10. The van der Waals surface area contributed by atoms with Gasteiger partial charge in [0.05, 0.1) is 28.9 Å². The van der Waals surface area contributed by atoms with Gasteiger partial charge < -0.3 is 19.1 Å². The first-order valence-corrected chi connectivity index (χ1v) is 13.7. The van der Waals surface area contributed by atoms with Gasteiger partial charge in [-0.15, -0.1) is 0 Å². The van der Waals surface area contributed by atoms with E-state index in [2.05, 4.69) is 28.2 Å². The summed E-state index contributed by atoms with van der Waals surface area (Å²) in [5, 5.41) is 9.42. The van der Waals surface area contributed by atoms with Gasteiger partial charge in [-0.2, -0.15) is 0 Å². The molecule has 8 heteroatoms. The zero-order valence-corrected chi connectivity index (χ0v) is 22.7. The van der Waals surface area contributed by atoms with E-state index < -0.39 is 5.97 Å². The van der Waals surface area contributed by atoms with Crippen LogP contribution in [0, 0.1) is 5.82 Å². The molecule has 0 atom stereocenters. The Morgan fingerprint density at radius 3 is 2.63 bits per heavy atom. The van der Waals surface area contributed by atoms with Gasteiger partial charge in [0.1, 0.15) is 18.2 Å². The molecule has 0 spiro atoms. The summed E-state index contributed by atoms with van der Waals surface area (Å²) >= 11 is 0. The Morgan fingerprint density at radius 2 is 1.85 bits per heavy atom. The highest BCUT2D eigenvalue weighted by molar-refractivity contribution is 5.92. The van der Waals surface area contributed by atoms with Gasteiger partial charge in [-0.3, -0.25) is 0 Å². The van der Waals surface area contributed by atoms with E-state index in [0.717, 1.165) is 0 Å². The number of fused-ring (bicyclic) bond motifs is 1. The van der Waals surface area contributed by atoms with Crippen LogP contribution < -0.4 is 4.74 Å². The molecule has 0 aliphatic heterocycles. The highest BCUT2D eigenvalue weighted by Crippen LogP contribution is 2.41. The summed E-state index contributed by atoms with van der Waals surface area (Å²) in [4.78, 5) is 20.8. The molecule has 1 N–H and O–H groups in total. The molecule has 2 aromatic heterocycles. The monoisotopic (exact) mass is 551 g/mol. The van der Waals surface area contributed by atoms with Crippen molar-refractivity contribution in [2.75, 3.05) is 13.7 Å². The minimum absolute atomic E-state index is 0.170. The molecule has 1 aliphatic carbocycles. The molecule has 0 radical (unpaired) electrons. The molecular weight excluding hydrogens is 521 g/mol. The second-order valence-electron chi connectivity index (χ2n) is 10.3. The van der Waals surface area contributed by atoms with Crippen LogP contribution in [0.5, 0.6) is 5.88 Å². The number of imidazole rings is 1. The quantitative estimate of drug-likeness (QED) is 0.198. The van der Waals surface area contributed by atoms with Gasteiger partial charge in [-0.25, -0.2) is 19.2 Å². The van der Waals surface area contributed by atoms with Crippen molar-refractivity contribution < 1.29 is 23.8 Å². The van der Waals surface area contributed by atoms with Crippen molar-refractivity contribution in [3.05, 3.63) is 113 Å². The van der Waals surface area contributed by atoms with E-state index >= 15 is 4.39 Å². The van der Waals surface area contributed by atoms with E-state index in [1.807, 2.05) is 34.9 Å².